The minimum Gasteiger partial charge on any atom is -0.481 e. The van der Waals surface area contributed by atoms with E-state index in [-0.39, 0.29) is 16.5 Å². The highest BCUT2D eigenvalue weighted by atomic mass is 32.2. The second-order valence-corrected chi connectivity index (χ2v) is 8.89. The van der Waals surface area contributed by atoms with Crippen molar-refractivity contribution in [3.8, 4) is 5.75 Å². The van der Waals surface area contributed by atoms with Crippen LogP contribution in [0.1, 0.15) is 18.1 Å². The molecule has 0 radical (unpaired) electrons. The Morgan fingerprint density at radius 2 is 1.45 bits per heavy atom. The minimum atomic E-state index is -3.85. The number of hydrogen-bond donors (Lipinski definition) is 2. The number of benzene rings is 3. The largest absolute Gasteiger partial charge is 0.481 e. The highest BCUT2D eigenvalue weighted by molar-refractivity contribution is 7.92. The van der Waals surface area contributed by atoms with E-state index in [4.69, 9.17) is 4.74 Å². The van der Waals surface area contributed by atoms with Crippen molar-refractivity contribution >= 4 is 27.3 Å². The van der Waals surface area contributed by atoms with E-state index in [2.05, 4.69) is 10.0 Å². The molecule has 1 amide bonds. The molecule has 162 valence electrons. The zero-order valence-electron chi connectivity index (χ0n) is 17.3. The maximum atomic E-state index is 13.0. The maximum Gasteiger partial charge on any atom is 0.265 e. The number of anilines is 2. The second-order valence-electron chi connectivity index (χ2n) is 7.21. The van der Waals surface area contributed by atoms with Crippen LogP contribution in [0.4, 0.5) is 15.8 Å². The first-order chi connectivity index (χ1) is 14.6. The molecule has 0 heterocycles. The standard InChI is InChI=1S/C23H23FN2O4S/c1-15-12-16(2)14-21(13-15)30-17(3)23(27)25-19-8-10-22(11-9-19)31(28,29)26-20-6-4-18(24)5-7-20/h4-14,17,26H,1-3H3,(H,25,27)/t17-/m0/s1. The lowest BCUT2D eigenvalue weighted by Crippen LogP contribution is -2.30. The van der Waals surface area contributed by atoms with Gasteiger partial charge in [0, 0.05) is 11.4 Å². The van der Waals surface area contributed by atoms with Gasteiger partial charge in [-0.3, -0.25) is 9.52 Å². The van der Waals surface area contributed by atoms with Crippen molar-refractivity contribution in [2.24, 2.45) is 0 Å². The fourth-order valence-corrected chi connectivity index (χ4v) is 4.01. The number of nitrogens with one attached hydrogen (secondary N) is 2. The molecule has 3 rings (SSSR count). The highest BCUT2D eigenvalue weighted by Gasteiger charge is 2.17. The van der Waals surface area contributed by atoms with Crippen LogP contribution in [0.25, 0.3) is 0 Å². The van der Waals surface area contributed by atoms with Crippen molar-refractivity contribution in [1.29, 1.82) is 0 Å². The Kier molecular flexibility index (Phi) is 6.60. The van der Waals surface area contributed by atoms with E-state index in [9.17, 15) is 17.6 Å². The van der Waals surface area contributed by atoms with E-state index in [0.29, 0.717) is 11.4 Å². The molecule has 0 aliphatic rings. The summed E-state index contributed by atoms with van der Waals surface area (Å²) < 4.78 is 46.0. The third kappa shape index (κ3) is 6.05. The van der Waals surface area contributed by atoms with Gasteiger partial charge < -0.3 is 10.1 Å². The van der Waals surface area contributed by atoms with Gasteiger partial charge in [-0.05, 0) is 92.6 Å². The van der Waals surface area contributed by atoms with Crippen LogP contribution in [0.15, 0.2) is 71.6 Å². The summed E-state index contributed by atoms with van der Waals surface area (Å²) in [5, 5.41) is 2.70. The molecule has 0 bridgehead atoms. The predicted octanol–water partition coefficient (Wildman–Crippen LogP) is 4.65. The average molecular weight is 443 g/mol. The third-order valence-electron chi connectivity index (χ3n) is 4.41. The van der Waals surface area contributed by atoms with E-state index in [0.717, 1.165) is 23.3 Å². The van der Waals surface area contributed by atoms with E-state index in [1.807, 2.05) is 32.0 Å². The van der Waals surface area contributed by atoms with Gasteiger partial charge in [0.05, 0.1) is 4.90 Å². The van der Waals surface area contributed by atoms with E-state index in [1.54, 1.807) is 6.92 Å². The monoisotopic (exact) mass is 442 g/mol. The average Bonchev–Trinajstić information content (AvgIpc) is 2.69. The van der Waals surface area contributed by atoms with Crippen molar-refractivity contribution in [3.63, 3.8) is 0 Å². The molecule has 3 aromatic rings. The Labute approximate surface area is 181 Å². The van der Waals surface area contributed by atoms with Gasteiger partial charge >= 0.3 is 0 Å². The molecule has 0 aliphatic carbocycles. The first-order valence-electron chi connectivity index (χ1n) is 9.57. The van der Waals surface area contributed by atoms with E-state index >= 15 is 0 Å². The van der Waals surface area contributed by atoms with Gasteiger partial charge in [-0.25, -0.2) is 12.8 Å². The Morgan fingerprint density at radius 1 is 0.903 bits per heavy atom. The molecule has 0 saturated heterocycles. The summed E-state index contributed by atoms with van der Waals surface area (Å²) in [4.78, 5) is 12.4. The van der Waals surface area contributed by atoms with Crippen LogP contribution in [0.3, 0.4) is 0 Å². The number of carbonyl (C=O) groups excluding carboxylic acids is 1. The van der Waals surface area contributed by atoms with Gasteiger partial charge in [0.2, 0.25) is 0 Å². The Morgan fingerprint density at radius 3 is 2.03 bits per heavy atom. The van der Waals surface area contributed by atoms with Crippen LogP contribution in [0, 0.1) is 19.7 Å². The molecule has 6 nitrogen and oxygen atoms in total. The maximum absolute atomic E-state index is 13.0. The van der Waals surface area contributed by atoms with Gasteiger partial charge in [-0.1, -0.05) is 6.07 Å². The second kappa shape index (κ2) is 9.18. The van der Waals surface area contributed by atoms with Crippen molar-refractivity contribution in [2.45, 2.75) is 31.8 Å². The molecular formula is C23H23FN2O4S. The van der Waals surface area contributed by atoms with Crippen molar-refractivity contribution in [2.75, 3.05) is 10.0 Å². The third-order valence-corrected chi connectivity index (χ3v) is 5.80. The quantitative estimate of drug-likeness (QED) is 0.558. The zero-order valence-corrected chi connectivity index (χ0v) is 18.2. The lowest BCUT2D eigenvalue weighted by Gasteiger charge is -2.16. The van der Waals surface area contributed by atoms with Crippen LogP contribution in [-0.2, 0) is 14.8 Å². The molecule has 8 heteroatoms. The van der Waals surface area contributed by atoms with Crippen LogP contribution < -0.4 is 14.8 Å². The number of carbonyl (C=O) groups is 1. The van der Waals surface area contributed by atoms with Gasteiger partial charge in [0.25, 0.3) is 15.9 Å². The van der Waals surface area contributed by atoms with Crippen molar-refractivity contribution in [1.82, 2.24) is 0 Å². The number of halogens is 1. The number of aryl methyl sites for hydroxylation is 2. The van der Waals surface area contributed by atoms with Gasteiger partial charge in [0.15, 0.2) is 6.10 Å². The normalized spacial score (nSPS) is 12.1. The van der Waals surface area contributed by atoms with Crippen molar-refractivity contribution < 1.29 is 22.3 Å². The SMILES string of the molecule is Cc1cc(C)cc(O[C@@H](C)C(=O)Nc2ccc(S(=O)(=O)Nc3ccc(F)cc3)cc2)c1. The number of hydrogen-bond acceptors (Lipinski definition) is 4. The molecule has 0 saturated carbocycles. The fraction of sp³-hybridized carbons (Fsp3) is 0.174. The van der Waals surface area contributed by atoms with E-state index < -0.39 is 21.9 Å². The first-order valence-corrected chi connectivity index (χ1v) is 11.0. The Bertz CT molecular complexity index is 1160. The predicted molar refractivity (Wildman–Crippen MR) is 118 cm³/mol. The molecule has 0 aliphatic heterocycles. The van der Waals surface area contributed by atoms with Crippen LogP contribution in [-0.4, -0.2) is 20.4 Å². The lowest BCUT2D eigenvalue weighted by atomic mass is 10.1. The van der Waals surface area contributed by atoms with Gasteiger partial charge in [0.1, 0.15) is 11.6 Å². The summed E-state index contributed by atoms with van der Waals surface area (Å²) in [6, 6.07) is 16.4. The smallest absolute Gasteiger partial charge is 0.265 e. The molecule has 3 aromatic carbocycles. The number of ether oxygens (including phenoxy) is 1. The van der Waals surface area contributed by atoms with Gasteiger partial charge in [-0.15, -0.1) is 0 Å². The molecule has 0 unspecified atom stereocenters. The summed E-state index contributed by atoms with van der Waals surface area (Å²) in [5.41, 5.74) is 2.75. The summed E-state index contributed by atoms with van der Waals surface area (Å²) in [7, 11) is -3.85. The van der Waals surface area contributed by atoms with Crippen LogP contribution >= 0.6 is 0 Å². The topological polar surface area (TPSA) is 84.5 Å². The van der Waals surface area contributed by atoms with Crippen LogP contribution in [0.2, 0.25) is 0 Å². The molecule has 0 spiro atoms. The molecule has 0 fully saturated rings. The first kappa shape index (κ1) is 22.3. The molecule has 2 N–H and O–H groups in total. The summed E-state index contributed by atoms with van der Waals surface area (Å²) >= 11 is 0. The lowest BCUT2D eigenvalue weighted by molar-refractivity contribution is -0.122. The van der Waals surface area contributed by atoms with Crippen molar-refractivity contribution in [3.05, 3.63) is 83.7 Å². The molecule has 31 heavy (non-hydrogen) atoms. The number of amides is 1. The van der Waals surface area contributed by atoms with Crippen LogP contribution in [0.5, 0.6) is 5.75 Å². The minimum absolute atomic E-state index is 0.00867. The van der Waals surface area contributed by atoms with E-state index in [1.165, 1.54) is 36.4 Å². The summed E-state index contributed by atoms with van der Waals surface area (Å²) in [5.74, 6) is -0.216. The van der Waals surface area contributed by atoms with Gasteiger partial charge in [-0.2, -0.15) is 0 Å². The molecule has 0 aromatic heterocycles. The molecular weight excluding hydrogens is 419 g/mol. The Balaban J connectivity index is 1.63. The fourth-order valence-electron chi connectivity index (χ4n) is 2.95. The summed E-state index contributed by atoms with van der Waals surface area (Å²) in [6.45, 7) is 5.54. The highest BCUT2D eigenvalue weighted by Crippen LogP contribution is 2.20. The number of rotatable bonds is 7. The molecule has 1 atom stereocenters. The number of sulfonamides is 1. The summed E-state index contributed by atoms with van der Waals surface area (Å²) in [6.07, 6.45) is -0.746. The zero-order chi connectivity index (χ0) is 22.6. The Hall–Kier alpha value is -3.39.